The fourth-order valence-corrected chi connectivity index (χ4v) is 4.58. The first-order valence-corrected chi connectivity index (χ1v) is 8.27. The minimum Gasteiger partial charge on any atom is -0.324 e. The molecule has 7 heteroatoms. The molecule has 0 bridgehead atoms. The average molecular weight is 336 g/mol. The quantitative estimate of drug-likeness (QED) is 0.901. The molecule has 2 fully saturated rings. The molecule has 2 aliphatic heterocycles. The van der Waals surface area contributed by atoms with Crippen molar-refractivity contribution in [2.24, 2.45) is 0 Å². The number of benzene rings is 1. The van der Waals surface area contributed by atoms with E-state index in [2.05, 4.69) is 5.32 Å². The van der Waals surface area contributed by atoms with Crippen LogP contribution in [-0.2, 0) is 9.59 Å². The molecule has 5 nitrogen and oxygen atoms in total. The maximum Gasteiger partial charge on any atom is 0.248 e. The number of rotatable bonds is 2. The van der Waals surface area contributed by atoms with Crippen LogP contribution in [0, 0.1) is 11.3 Å². The molecule has 2 heterocycles. The zero-order valence-corrected chi connectivity index (χ0v) is 13.5. The summed E-state index contributed by atoms with van der Waals surface area (Å²) in [7, 11) is 0. The van der Waals surface area contributed by atoms with Crippen molar-refractivity contribution in [3.8, 4) is 6.07 Å². The topological polar surface area (TPSA) is 73.2 Å². The molecule has 22 heavy (non-hydrogen) atoms. The van der Waals surface area contributed by atoms with Gasteiger partial charge < -0.3 is 10.2 Å². The van der Waals surface area contributed by atoms with Gasteiger partial charge in [-0.1, -0.05) is 11.6 Å². The van der Waals surface area contributed by atoms with E-state index in [-0.39, 0.29) is 16.7 Å². The van der Waals surface area contributed by atoms with Gasteiger partial charge >= 0.3 is 0 Å². The minimum atomic E-state index is -0.459. The number of hydrogen-bond acceptors (Lipinski definition) is 4. The zero-order valence-electron chi connectivity index (χ0n) is 11.9. The minimum absolute atomic E-state index is 0.0329. The standard InChI is InChI=1S/C15H14ClN3O2S/c1-15-5-4-13(20)19(15)12(8-22-15)14(21)18-10-3-2-9(7-17)11(16)6-10/h2-3,6,12H,4-5,8H2,1H3,(H,18,21). The number of amides is 2. The van der Waals surface area contributed by atoms with E-state index in [4.69, 9.17) is 16.9 Å². The number of fused-ring (bicyclic) bond motifs is 1. The molecule has 0 saturated carbocycles. The molecule has 2 amide bonds. The van der Waals surface area contributed by atoms with Gasteiger partial charge in [-0.25, -0.2) is 0 Å². The molecule has 0 aliphatic carbocycles. The lowest BCUT2D eigenvalue weighted by Gasteiger charge is -2.29. The predicted octanol–water partition coefficient (Wildman–Crippen LogP) is 2.60. The van der Waals surface area contributed by atoms with Crippen molar-refractivity contribution in [3.63, 3.8) is 0 Å². The lowest BCUT2D eigenvalue weighted by atomic mass is 10.2. The smallest absolute Gasteiger partial charge is 0.248 e. The molecule has 3 rings (SSSR count). The predicted molar refractivity (Wildman–Crippen MR) is 85.5 cm³/mol. The highest BCUT2D eigenvalue weighted by Gasteiger charge is 2.52. The highest BCUT2D eigenvalue weighted by Crippen LogP contribution is 2.47. The van der Waals surface area contributed by atoms with Crippen molar-refractivity contribution in [3.05, 3.63) is 28.8 Å². The molecule has 2 aliphatic rings. The van der Waals surface area contributed by atoms with E-state index in [1.54, 1.807) is 34.9 Å². The van der Waals surface area contributed by atoms with Crippen LogP contribution in [0.1, 0.15) is 25.3 Å². The first-order valence-electron chi connectivity index (χ1n) is 6.91. The van der Waals surface area contributed by atoms with Crippen LogP contribution in [0.25, 0.3) is 0 Å². The molecule has 0 radical (unpaired) electrons. The number of anilines is 1. The van der Waals surface area contributed by atoms with Gasteiger partial charge in [0.1, 0.15) is 12.1 Å². The highest BCUT2D eigenvalue weighted by molar-refractivity contribution is 8.01. The lowest BCUT2D eigenvalue weighted by molar-refractivity contribution is -0.135. The molecule has 1 N–H and O–H groups in total. The molecule has 2 saturated heterocycles. The van der Waals surface area contributed by atoms with E-state index in [0.29, 0.717) is 28.4 Å². The third kappa shape index (κ3) is 2.44. The van der Waals surface area contributed by atoms with Crippen molar-refractivity contribution in [1.82, 2.24) is 4.90 Å². The molecule has 114 valence electrons. The largest absolute Gasteiger partial charge is 0.324 e. The average Bonchev–Trinajstić information content (AvgIpc) is 2.96. The maximum atomic E-state index is 12.5. The van der Waals surface area contributed by atoms with Gasteiger partial charge in [-0.15, -0.1) is 11.8 Å². The van der Waals surface area contributed by atoms with Crippen molar-refractivity contribution < 1.29 is 9.59 Å². The molecular formula is C15H14ClN3O2S. The maximum absolute atomic E-state index is 12.5. The van der Waals surface area contributed by atoms with Crippen LogP contribution in [-0.4, -0.2) is 33.4 Å². The fourth-order valence-electron chi connectivity index (χ4n) is 2.92. The zero-order chi connectivity index (χ0) is 15.9. The van der Waals surface area contributed by atoms with Gasteiger partial charge in [0.25, 0.3) is 0 Å². The number of nitrogens with zero attached hydrogens (tertiary/aromatic N) is 2. The number of thioether (sulfide) groups is 1. The molecule has 0 spiro atoms. The van der Waals surface area contributed by atoms with Crippen molar-refractivity contribution in [2.45, 2.75) is 30.7 Å². The summed E-state index contributed by atoms with van der Waals surface area (Å²) in [6.07, 6.45) is 1.28. The summed E-state index contributed by atoms with van der Waals surface area (Å²) in [4.78, 5) is 26.0. The Kier molecular flexibility index (Phi) is 3.79. The van der Waals surface area contributed by atoms with E-state index < -0.39 is 6.04 Å². The summed E-state index contributed by atoms with van der Waals surface area (Å²) in [6.45, 7) is 2.01. The summed E-state index contributed by atoms with van der Waals surface area (Å²) in [5, 5.41) is 11.9. The second-order valence-electron chi connectivity index (χ2n) is 5.56. The summed E-state index contributed by atoms with van der Waals surface area (Å²) in [6, 6.07) is 6.26. The van der Waals surface area contributed by atoms with Gasteiger partial charge in [0.2, 0.25) is 11.8 Å². The van der Waals surface area contributed by atoms with E-state index >= 15 is 0 Å². The van der Waals surface area contributed by atoms with E-state index in [0.717, 1.165) is 6.42 Å². The van der Waals surface area contributed by atoms with Crippen LogP contribution in [0.15, 0.2) is 18.2 Å². The van der Waals surface area contributed by atoms with Crippen LogP contribution in [0.2, 0.25) is 5.02 Å². The Morgan fingerprint density at radius 1 is 1.59 bits per heavy atom. The number of halogens is 1. The Hall–Kier alpha value is -1.71. The normalized spacial score (nSPS) is 26.7. The Bertz CT molecular complexity index is 703. The molecule has 1 aromatic rings. The third-order valence-corrected chi connectivity index (χ3v) is 5.92. The van der Waals surface area contributed by atoms with Crippen LogP contribution < -0.4 is 5.32 Å². The fraction of sp³-hybridized carbons (Fsp3) is 0.400. The number of nitrogens with one attached hydrogen (secondary N) is 1. The monoisotopic (exact) mass is 335 g/mol. The van der Waals surface area contributed by atoms with Crippen molar-refractivity contribution in [2.75, 3.05) is 11.1 Å². The molecule has 0 aromatic heterocycles. The van der Waals surface area contributed by atoms with Gasteiger partial charge in [0, 0.05) is 17.9 Å². The van der Waals surface area contributed by atoms with Crippen LogP contribution in [0.3, 0.4) is 0 Å². The summed E-state index contributed by atoms with van der Waals surface area (Å²) >= 11 is 7.62. The first-order chi connectivity index (χ1) is 10.4. The van der Waals surface area contributed by atoms with Gasteiger partial charge in [-0.2, -0.15) is 5.26 Å². The second-order valence-corrected chi connectivity index (χ2v) is 7.47. The van der Waals surface area contributed by atoms with Crippen LogP contribution in [0.5, 0.6) is 0 Å². The molecule has 1 aromatic carbocycles. The SMILES string of the molecule is CC12CCC(=O)N1C(C(=O)Nc1ccc(C#N)c(Cl)c1)CS2. The van der Waals surface area contributed by atoms with Crippen molar-refractivity contribution in [1.29, 1.82) is 5.26 Å². The molecular weight excluding hydrogens is 322 g/mol. The Labute approximate surface area is 137 Å². The number of carbonyl (C=O) groups is 2. The third-order valence-electron chi connectivity index (χ3n) is 4.10. The lowest BCUT2D eigenvalue weighted by Crippen LogP contribution is -2.48. The van der Waals surface area contributed by atoms with E-state index in [1.165, 1.54) is 0 Å². The van der Waals surface area contributed by atoms with Gasteiger partial charge in [0.15, 0.2) is 0 Å². The van der Waals surface area contributed by atoms with Crippen LogP contribution >= 0.6 is 23.4 Å². The van der Waals surface area contributed by atoms with Crippen LogP contribution in [0.4, 0.5) is 5.69 Å². The van der Waals surface area contributed by atoms with E-state index in [1.807, 2.05) is 13.0 Å². The van der Waals surface area contributed by atoms with Gasteiger partial charge in [0.05, 0.1) is 15.5 Å². The Morgan fingerprint density at radius 2 is 2.36 bits per heavy atom. The summed E-state index contributed by atoms with van der Waals surface area (Å²) < 4.78 is 0. The molecule has 2 atom stereocenters. The number of hydrogen-bond donors (Lipinski definition) is 1. The van der Waals surface area contributed by atoms with Gasteiger partial charge in [-0.3, -0.25) is 9.59 Å². The Morgan fingerprint density at radius 3 is 3.05 bits per heavy atom. The van der Waals surface area contributed by atoms with E-state index in [9.17, 15) is 9.59 Å². The Balaban J connectivity index is 1.77. The number of carbonyl (C=O) groups excluding carboxylic acids is 2. The summed E-state index contributed by atoms with van der Waals surface area (Å²) in [5.41, 5.74) is 0.887. The molecule has 2 unspecified atom stereocenters. The number of nitriles is 1. The van der Waals surface area contributed by atoms with Gasteiger partial charge in [-0.05, 0) is 31.5 Å². The van der Waals surface area contributed by atoms with Crippen molar-refractivity contribution >= 4 is 40.9 Å². The second kappa shape index (κ2) is 5.49. The first kappa shape index (κ1) is 15.2. The highest BCUT2D eigenvalue weighted by atomic mass is 35.5. The summed E-state index contributed by atoms with van der Waals surface area (Å²) in [5.74, 6) is 0.413.